The van der Waals surface area contributed by atoms with Crippen LogP contribution in [0.5, 0.6) is 5.75 Å². The van der Waals surface area contributed by atoms with Crippen molar-refractivity contribution in [2.75, 3.05) is 6.54 Å². The van der Waals surface area contributed by atoms with Gasteiger partial charge in [0, 0.05) is 16.6 Å². The molecule has 21 heavy (non-hydrogen) atoms. The first-order chi connectivity index (χ1) is 10.0. The van der Waals surface area contributed by atoms with E-state index in [2.05, 4.69) is 35.1 Å². The normalized spacial score (nSPS) is 11.1. The summed E-state index contributed by atoms with van der Waals surface area (Å²) < 4.78 is 25.1. The maximum Gasteiger partial charge on any atom is 0.166 e. The van der Waals surface area contributed by atoms with Gasteiger partial charge in [0.25, 0.3) is 0 Å². The Morgan fingerprint density at radius 2 is 2.14 bits per heavy atom. The molecule has 0 saturated heterocycles. The van der Waals surface area contributed by atoms with Crippen LogP contribution in [-0.4, -0.2) is 6.54 Å². The number of hydrogen-bond acceptors (Lipinski definition) is 3. The minimum Gasteiger partial charge on any atom is -0.483 e. The highest BCUT2D eigenvalue weighted by molar-refractivity contribution is 9.10. The fourth-order valence-electron chi connectivity index (χ4n) is 1.84. The van der Waals surface area contributed by atoms with Crippen molar-refractivity contribution in [3.63, 3.8) is 0 Å². The quantitative estimate of drug-likeness (QED) is 0.793. The second kappa shape index (κ2) is 7.61. The smallest absolute Gasteiger partial charge is 0.166 e. The lowest BCUT2D eigenvalue weighted by Gasteiger charge is -2.05. The molecule has 0 fully saturated rings. The van der Waals surface area contributed by atoms with Crippen molar-refractivity contribution < 1.29 is 13.5 Å². The number of benzene rings is 1. The molecule has 1 aromatic carbocycles. The minimum atomic E-state index is -0.394. The average Bonchev–Trinajstić information content (AvgIpc) is 2.85. The maximum absolute atomic E-state index is 13.6. The summed E-state index contributed by atoms with van der Waals surface area (Å²) in [6.07, 6.45) is 1.70. The molecule has 0 spiro atoms. The first-order valence-electron chi connectivity index (χ1n) is 6.89. The van der Waals surface area contributed by atoms with E-state index in [9.17, 15) is 4.39 Å². The molecule has 0 amide bonds. The summed E-state index contributed by atoms with van der Waals surface area (Å²) in [5, 5.41) is 3.34. The largest absolute Gasteiger partial charge is 0.483 e. The second-order valence-electron chi connectivity index (χ2n) is 5.31. The van der Waals surface area contributed by atoms with Crippen LogP contribution >= 0.6 is 15.9 Å². The van der Waals surface area contributed by atoms with Crippen molar-refractivity contribution in [3.05, 3.63) is 52.1 Å². The summed E-state index contributed by atoms with van der Waals surface area (Å²) >= 11 is 3.21. The second-order valence-corrected chi connectivity index (χ2v) is 6.23. The number of ether oxygens (including phenoxy) is 1. The molecule has 0 bridgehead atoms. The Balaban J connectivity index is 1.85. The Labute approximate surface area is 132 Å². The van der Waals surface area contributed by atoms with Crippen molar-refractivity contribution in [1.29, 1.82) is 0 Å². The molecule has 2 aromatic rings. The van der Waals surface area contributed by atoms with E-state index in [1.54, 1.807) is 18.4 Å². The Morgan fingerprint density at radius 3 is 2.86 bits per heavy atom. The molecule has 0 radical (unpaired) electrons. The summed E-state index contributed by atoms with van der Waals surface area (Å²) in [5.41, 5.74) is 1.06. The van der Waals surface area contributed by atoms with Gasteiger partial charge in [-0.2, -0.15) is 0 Å². The molecule has 2 rings (SSSR count). The lowest BCUT2D eigenvalue weighted by atomic mass is 10.2. The van der Waals surface area contributed by atoms with Crippen molar-refractivity contribution >= 4 is 15.9 Å². The lowest BCUT2D eigenvalue weighted by Crippen LogP contribution is -2.18. The van der Waals surface area contributed by atoms with Crippen molar-refractivity contribution in [2.45, 2.75) is 27.0 Å². The maximum atomic E-state index is 13.6. The predicted octanol–water partition coefficient (Wildman–Crippen LogP) is 4.51. The van der Waals surface area contributed by atoms with Crippen LogP contribution in [-0.2, 0) is 13.2 Å². The van der Waals surface area contributed by atoms with E-state index in [1.807, 2.05) is 6.07 Å². The molecule has 0 aliphatic heterocycles. The monoisotopic (exact) mass is 355 g/mol. The van der Waals surface area contributed by atoms with Gasteiger partial charge in [-0.3, -0.25) is 0 Å². The average molecular weight is 356 g/mol. The fourth-order valence-corrected chi connectivity index (χ4v) is 2.17. The summed E-state index contributed by atoms with van der Waals surface area (Å²) in [6.45, 7) is 6.25. The van der Waals surface area contributed by atoms with Crippen molar-refractivity contribution in [1.82, 2.24) is 5.32 Å². The van der Waals surface area contributed by atoms with E-state index in [0.29, 0.717) is 16.2 Å². The van der Waals surface area contributed by atoms with Gasteiger partial charge in [-0.1, -0.05) is 29.8 Å². The van der Waals surface area contributed by atoms with Gasteiger partial charge in [-0.15, -0.1) is 0 Å². The first kappa shape index (κ1) is 16.0. The highest BCUT2D eigenvalue weighted by Gasteiger charge is 2.07. The zero-order valence-corrected chi connectivity index (χ0v) is 13.7. The molecule has 1 N–H and O–H groups in total. The van der Waals surface area contributed by atoms with Gasteiger partial charge in [-0.25, -0.2) is 4.39 Å². The Kier molecular flexibility index (Phi) is 5.82. The topological polar surface area (TPSA) is 34.4 Å². The molecular formula is C16H19BrFNO2. The first-order valence-corrected chi connectivity index (χ1v) is 7.68. The van der Waals surface area contributed by atoms with Gasteiger partial charge in [0.15, 0.2) is 11.6 Å². The molecule has 5 heteroatoms. The van der Waals surface area contributed by atoms with E-state index in [-0.39, 0.29) is 12.4 Å². The standard InChI is InChI=1S/C16H19BrFNO2/c1-11(2)7-19-8-12-5-14(20-9-12)10-21-16-4-3-13(17)6-15(16)18/h3-6,9,11,19H,7-8,10H2,1-2H3. The predicted molar refractivity (Wildman–Crippen MR) is 83.7 cm³/mol. The zero-order chi connectivity index (χ0) is 15.2. The highest BCUT2D eigenvalue weighted by Crippen LogP contribution is 2.22. The van der Waals surface area contributed by atoms with Crippen LogP contribution in [0.15, 0.2) is 39.4 Å². The Bertz CT molecular complexity index is 583. The molecule has 1 heterocycles. The van der Waals surface area contributed by atoms with Crippen LogP contribution in [0.25, 0.3) is 0 Å². The highest BCUT2D eigenvalue weighted by atomic mass is 79.9. The zero-order valence-electron chi connectivity index (χ0n) is 12.2. The van der Waals surface area contributed by atoms with Crippen LogP contribution in [0.3, 0.4) is 0 Å². The third kappa shape index (κ3) is 5.17. The minimum absolute atomic E-state index is 0.211. The molecule has 0 aliphatic rings. The molecule has 0 saturated carbocycles. The van der Waals surface area contributed by atoms with E-state index < -0.39 is 5.82 Å². The van der Waals surface area contributed by atoms with E-state index in [0.717, 1.165) is 18.7 Å². The summed E-state index contributed by atoms with van der Waals surface area (Å²) in [4.78, 5) is 0. The summed E-state index contributed by atoms with van der Waals surface area (Å²) in [6, 6.07) is 6.62. The molecule has 0 unspecified atom stereocenters. The number of rotatable bonds is 7. The van der Waals surface area contributed by atoms with Gasteiger partial charge in [0.2, 0.25) is 0 Å². The number of halogens is 2. The van der Waals surface area contributed by atoms with Gasteiger partial charge >= 0.3 is 0 Å². The lowest BCUT2D eigenvalue weighted by molar-refractivity contribution is 0.258. The van der Waals surface area contributed by atoms with Gasteiger partial charge in [0.05, 0.1) is 6.26 Å². The van der Waals surface area contributed by atoms with Crippen LogP contribution in [0.2, 0.25) is 0 Å². The summed E-state index contributed by atoms with van der Waals surface area (Å²) in [7, 11) is 0. The molecule has 114 valence electrons. The SMILES string of the molecule is CC(C)CNCc1coc(COc2ccc(Br)cc2F)c1. The Morgan fingerprint density at radius 1 is 1.33 bits per heavy atom. The molecular weight excluding hydrogens is 337 g/mol. The van der Waals surface area contributed by atoms with E-state index in [1.165, 1.54) is 6.07 Å². The van der Waals surface area contributed by atoms with Crippen LogP contribution < -0.4 is 10.1 Å². The van der Waals surface area contributed by atoms with Crippen LogP contribution in [0.1, 0.15) is 25.2 Å². The molecule has 0 atom stereocenters. The van der Waals surface area contributed by atoms with Crippen LogP contribution in [0.4, 0.5) is 4.39 Å². The van der Waals surface area contributed by atoms with Gasteiger partial charge in [0.1, 0.15) is 12.4 Å². The van der Waals surface area contributed by atoms with E-state index >= 15 is 0 Å². The molecule has 3 nitrogen and oxygen atoms in total. The molecule has 1 aromatic heterocycles. The number of nitrogens with one attached hydrogen (secondary N) is 1. The molecule has 0 aliphatic carbocycles. The van der Waals surface area contributed by atoms with Gasteiger partial charge < -0.3 is 14.5 Å². The fraction of sp³-hybridized carbons (Fsp3) is 0.375. The third-order valence-corrected chi connectivity index (χ3v) is 3.35. The number of furan rings is 1. The summed E-state index contributed by atoms with van der Waals surface area (Å²) in [5.74, 6) is 1.11. The van der Waals surface area contributed by atoms with Crippen LogP contribution in [0, 0.1) is 11.7 Å². The Hall–Kier alpha value is -1.33. The van der Waals surface area contributed by atoms with E-state index in [4.69, 9.17) is 9.15 Å². The van der Waals surface area contributed by atoms with Crippen molar-refractivity contribution in [2.24, 2.45) is 5.92 Å². The van der Waals surface area contributed by atoms with Crippen molar-refractivity contribution in [3.8, 4) is 5.75 Å². The number of hydrogen-bond donors (Lipinski definition) is 1. The van der Waals surface area contributed by atoms with Gasteiger partial charge in [-0.05, 0) is 36.7 Å². The third-order valence-electron chi connectivity index (χ3n) is 2.85.